The van der Waals surface area contributed by atoms with Gasteiger partial charge in [0, 0.05) is 23.7 Å². The maximum absolute atomic E-state index is 5.83. The number of nitrogens with two attached hydrogens (primary N) is 1. The van der Waals surface area contributed by atoms with Gasteiger partial charge in [-0.15, -0.1) is 11.3 Å². The van der Waals surface area contributed by atoms with Gasteiger partial charge in [0.2, 0.25) is 0 Å². The first-order valence-electron chi connectivity index (χ1n) is 6.80. The van der Waals surface area contributed by atoms with E-state index in [0.29, 0.717) is 5.96 Å². The van der Waals surface area contributed by atoms with E-state index in [0.717, 1.165) is 38.0 Å². The van der Waals surface area contributed by atoms with Gasteiger partial charge in [0.25, 0.3) is 0 Å². The SMILES string of the molecule is Cc1[nH]ncc1CCCN=C(N)NCCc1cccs1. The lowest BCUT2D eigenvalue weighted by atomic mass is 10.1. The van der Waals surface area contributed by atoms with Crippen LogP contribution < -0.4 is 11.1 Å². The highest BCUT2D eigenvalue weighted by molar-refractivity contribution is 7.09. The van der Waals surface area contributed by atoms with Crippen LogP contribution in [0.25, 0.3) is 0 Å². The molecule has 5 nitrogen and oxygen atoms in total. The van der Waals surface area contributed by atoms with Gasteiger partial charge in [-0.2, -0.15) is 5.10 Å². The average molecular weight is 291 g/mol. The van der Waals surface area contributed by atoms with Crippen LogP contribution in [0, 0.1) is 6.92 Å². The van der Waals surface area contributed by atoms with Crippen LogP contribution in [0.5, 0.6) is 0 Å². The first kappa shape index (κ1) is 14.6. The Balaban J connectivity index is 1.60. The van der Waals surface area contributed by atoms with E-state index in [-0.39, 0.29) is 0 Å². The van der Waals surface area contributed by atoms with Gasteiger partial charge >= 0.3 is 0 Å². The molecule has 0 bridgehead atoms. The van der Waals surface area contributed by atoms with Crippen molar-refractivity contribution in [1.29, 1.82) is 0 Å². The van der Waals surface area contributed by atoms with E-state index in [1.165, 1.54) is 10.4 Å². The Morgan fingerprint density at radius 3 is 3.10 bits per heavy atom. The molecule has 0 aliphatic carbocycles. The first-order chi connectivity index (χ1) is 9.75. The highest BCUT2D eigenvalue weighted by Crippen LogP contribution is 2.08. The molecule has 0 radical (unpaired) electrons. The third kappa shape index (κ3) is 4.70. The quantitative estimate of drug-likeness (QED) is 0.414. The number of hydrogen-bond donors (Lipinski definition) is 3. The standard InChI is InChI=1S/C14H21N5S/c1-11-12(10-18-19-11)4-2-7-16-14(15)17-8-6-13-5-3-9-20-13/h3,5,9-10H,2,4,6-8H2,1H3,(H,18,19)(H3,15,16,17). The number of guanidine groups is 1. The van der Waals surface area contributed by atoms with Crippen molar-refractivity contribution in [3.05, 3.63) is 39.8 Å². The third-order valence-electron chi connectivity index (χ3n) is 3.08. The predicted octanol–water partition coefficient (Wildman–Crippen LogP) is 1.86. The predicted molar refractivity (Wildman–Crippen MR) is 84.2 cm³/mol. The second-order valence-corrected chi connectivity index (χ2v) is 5.68. The topological polar surface area (TPSA) is 79.1 Å². The Kier molecular flexibility index (Phi) is 5.61. The van der Waals surface area contributed by atoms with E-state index in [2.05, 4.69) is 38.0 Å². The summed E-state index contributed by atoms with van der Waals surface area (Å²) in [5.41, 5.74) is 8.22. The summed E-state index contributed by atoms with van der Waals surface area (Å²) >= 11 is 1.77. The minimum Gasteiger partial charge on any atom is -0.370 e. The summed E-state index contributed by atoms with van der Waals surface area (Å²) in [5.74, 6) is 0.533. The number of nitrogens with one attached hydrogen (secondary N) is 2. The van der Waals surface area contributed by atoms with Crippen LogP contribution in [0.4, 0.5) is 0 Å². The summed E-state index contributed by atoms with van der Waals surface area (Å²) in [6.45, 7) is 3.60. The van der Waals surface area contributed by atoms with Gasteiger partial charge in [0.1, 0.15) is 0 Å². The lowest BCUT2D eigenvalue weighted by Gasteiger charge is -2.04. The molecular weight excluding hydrogens is 270 g/mol. The molecular formula is C14H21N5S. The minimum absolute atomic E-state index is 0.533. The molecule has 0 aliphatic rings. The molecule has 2 rings (SSSR count). The van der Waals surface area contributed by atoms with Crippen molar-refractivity contribution >= 4 is 17.3 Å². The number of rotatable bonds is 7. The second-order valence-electron chi connectivity index (χ2n) is 4.65. The van der Waals surface area contributed by atoms with E-state index >= 15 is 0 Å². The molecule has 0 unspecified atom stereocenters. The molecule has 0 aliphatic heterocycles. The largest absolute Gasteiger partial charge is 0.370 e. The molecule has 0 spiro atoms. The van der Waals surface area contributed by atoms with E-state index in [4.69, 9.17) is 5.73 Å². The summed E-state index contributed by atoms with van der Waals surface area (Å²) in [4.78, 5) is 5.69. The zero-order valence-electron chi connectivity index (χ0n) is 11.7. The van der Waals surface area contributed by atoms with E-state index in [1.807, 2.05) is 13.1 Å². The van der Waals surface area contributed by atoms with Crippen molar-refractivity contribution in [2.75, 3.05) is 13.1 Å². The zero-order chi connectivity index (χ0) is 14.2. The van der Waals surface area contributed by atoms with E-state index < -0.39 is 0 Å². The fraction of sp³-hybridized carbons (Fsp3) is 0.429. The number of aliphatic imine (C=N–C) groups is 1. The van der Waals surface area contributed by atoms with Gasteiger partial charge in [-0.3, -0.25) is 10.1 Å². The number of aromatic amines is 1. The highest BCUT2D eigenvalue weighted by Gasteiger charge is 1.99. The summed E-state index contributed by atoms with van der Waals surface area (Å²) in [6.07, 6.45) is 4.83. The van der Waals surface area contributed by atoms with Crippen LogP contribution in [0.2, 0.25) is 0 Å². The molecule has 0 amide bonds. The Morgan fingerprint density at radius 2 is 2.40 bits per heavy atom. The fourth-order valence-electron chi connectivity index (χ4n) is 1.92. The van der Waals surface area contributed by atoms with E-state index in [9.17, 15) is 0 Å². The second kappa shape index (κ2) is 7.69. The number of aryl methyl sites for hydroxylation is 2. The number of hydrogen-bond acceptors (Lipinski definition) is 3. The number of aromatic nitrogens is 2. The smallest absolute Gasteiger partial charge is 0.188 e. The normalized spacial score (nSPS) is 11.8. The van der Waals surface area contributed by atoms with Crippen LogP contribution in [0.15, 0.2) is 28.7 Å². The van der Waals surface area contributed by atoms with Gasteiger partial charge in [0.15, 0.2) is 5.96 Å². The van der Waals surface area contributed by atoms with Crippen LogP contribution in [-0.4, -0.2) is 29.2 Å². The van der Waals surface area contributed by atoms with Crippen LogP contribution in [0.3, 0.4) is 0 Å². The van der Waals surface area contributed by atoms with Crippen LogP contribution in [0.1, 0.15) is 22.6 Å². The van der Waals surface area contributed by atoms with Gasteiger partial charge in [-0.25, -0.2) is 0 Å². The van der Waals surface area contributed by atoms with Crippen molar-refractivity contribution in [3.63, 3.8) is 0 Å². The fourth-order valence-corrected chi connectivity index (χ4v) is 2.63. The lowest BCUT2D eigenvalue weighted by Crippen LogP contribution is -2.33. The Morgan fingerprint density at radius 1 is 1.50 bits per heavy atom. The van der Waals surface area contributed by atoms with Gasteiger partial charge < -0.3 is 11.1 Å². The maximum Gasteiger partial charge on any atom is 0.188 e. The first-order valence-corrected chi connectivity index (χ1v) is 7.68. The molecule has 2 aromatic rings. The molecule has 20 heavy (non-hydrogen) atoms. The molecule has 0 saturated heterocycles. The zero-order valence-corrected chi connectivity index (χ0v) is 12.5. The van der Waals surface area contributed by atoms with Gasteiger partial charge in [-0.1, -0.05) is 6.07 Å². The maximum atomic E-state index is 5.83. The number of H-pyrrole nitrogens is 1. The van der Waals surface area contributed by atoms with Crippen molar-refractivity contribution in [3.8, 4) is 0 Å². The van der Waals surface area contributed by atoms with Crippen LogP contribution >= 0.6 is 11.3 Å². The molecule has 4 N–H and O–H groups in total. The van der Waals surface area contributed by atoms with Crippen molar-refractivity contribution in [2.24, 2.45) is 10.7 Å². The molecule has 2 heterocycles. The molecule has 0 atom stereocenters. The van der Waals surface area contributed by atoms with Gasteiger partial charge in [0.05, 0.1) is 6.20 Å². The van der Waals surface area contributed by atoms with Gasteiger partial charge in [-0.05, 0) is 43.2 Å². The number of thiophene rings is 1. The van der Waals surface area contributed by atoms with Crippen molar-refractivity contribution < 1.29 is 0 Å². The molecule has 0 saturated carbocycles. The monoisotopic (exact) mass is 291 g/mol. The Labute approximate surface area is 123 Å². The average Bonchev–Trinajstić information content (AvgIpc) is 3.07. The molecule has 0 fully saturated rings. The summed E-state index contributed by atoms with van der Waals surface area (Å²) in [6, 6.07) is 4.20. The lowest BCUT2D eigenvalue weighted by molar-refractivity contribution is 0.807. The highest BCUT2D eigenvalue weighted by atomic mass is 32.1. The Bertz CT molecular complexity index is 530. The summed E-state index contributed by atoms with van der Waals surface area (Å²) in [5, 5.41) is 12.2. The van der Waals surface area contributed by atoms with Crippen molar-refractivity contribution in [1.82, 2.24) is 15.5 Å². The van der Waals surface area contributed by atoms with Crippen molar-refractivity contribution in [2.45, 2.75) is 26.2 Å². The van der Waals surface area contributed by atoms with E-state index in [1.54, 1.807) is 11.3 Å². The number of nitrogens with zero attached hydrogens (tertiary/aromatic N) is 2. The van der Waals surface area contributed by atoms with Crippen LogP contribution in [-0.2, 0) is 12.8 Å². The minimum atomic E-state index is 0.533. The summed E-state index contributed by atoms with van der Waals surface area (Å²) < 4.78 is 0. The Hall–Kier alpha value is -1.82. The molecule has 6 heteroatoms. The summed E-state index contributed by atoms with van der Waals surface area (Å²) in [7, 11) is 0. The third-order valence-corrected chi connectivity index (χ3v) is 4.01. The molecule has 2 aromatic heterocycles. The molecule has 0 aromatic carbocycles. The molecule has 108 valence electrons.